The first kappa shape index (κ1) is 19.9. The lowest BCUT2D eigenvalue weighted by molar-refractivity contribution is 0.0951. The number of rotatable bonds is 5. The highest BCUT2D eigenvalue weighted by Gasteiger charge is 2.43. The van der Waals surface area contributed by atoms with Crippen LogP contribution in [0.4, 0.5) is 5.69 Å². The molecule has 4 aromatic rings. The van der Waals surface area contributed by atoms with Gasteiger partial charge in [0, 0.05) is 47.5 Å². The van der Waals surface area contributed by atoms with Gasteiger partial charge >= 0.3 is 0 Å². The van der Waals surface area contributed by atoms with Crippen LogP contribution in [0.25, 0.3) is 10.9 Å². The molecule has 1 amide bonds. The number of anilines is 1. The molecule has 33 heavy (non-hydrogen) atoms. The Balaban J connectivity index is 1.25. The van der Waals surface area contributed by atoms with E-state index in [1.165, 1.54) is 16.5 Å². The third-order valence-corrected chi connectivity index (χ3v) is 6.87. The van der Waals surface area contributed by atoms with Crippen LogP contribution < -0.4 is 16.0 Å². The van der Waals surface area contributed by atoms with Gasteiger partial charge in [-0.05, 0) is 71.5 Å². The lowest BCUT2D eigenvalue weighted by Crippen LogP contribution is -2.38. The highest BCUT2D eigenvalue weighted by Crippen LogP contribution is 2.46. The van der Waals surface area contributed by atoms with E-state index < -0.39 is 0 Å². The minimum Gasteiger partial charge on any atom is -0.508 e. The number of aromatic amines is 1. The van der Waals surface area contributed by atoms with Gasteiger partial charge in [-0.3, -0.25) is 4.79 Å². The van der Waals surface area contributed by atoms with Crippen LogP contribution in [0, 0.1) is 6.92 Å². The van der Waals surface area contributed by atoms with Gasteiger partial charge in [0.1, 0.15) is 5.75 Å². The molecule has 0 radical (unpaired) electrons. The van der Waals surface area contributed by atoms with Crippen molar-refractivity contribution in [1.29, 1.82) is 0 Å². The van der Waals surface area contributed by atoms with Crippen LogP contribution in [0.1, 0.15) is 44.7 Å². The third kappa shape index (κ3) is 3.43. The zero-order valence-corrected chi connectivity index (χ0v) is 18.4. The van der Waals surface area contributed by atoms with E-state index in [0.29, 0.717) is 5.56 Å². The highest BCUT2D eigenvalue weighted by molar-refractivity contribution is 5.99. The summed E-state index contributed by atoms with van der Waals surface area (Å²) in [6.45, 7) is 3.57. The molecule has 6 heteroatoms. The van der Waals surface area contributed by atoms with Crippen LogP contribution in [-0.2, 0) is 6.54 Å². The molecule has 3 atom stereocenters. The normalized spacial score (nSPS) is 21.0. The summed E-state index contributed by atoms with van der Waals surface area (Å²) in [5.74, 6) is 0.149. The number of nitrogens with one attached hydrogen (secondary N) is 4. The van der Waals surface area contributed by atoms with Crippen molar-refractivity contribution < 1.29 is 9.90 Å². The first-order chi connectivity index (χ1) is 16.1. The summed E-state index contributed by atoms with van der Waals surface area (Å²) in [5.41, 5.74) is 7.35. The van der Waals surface area contributed by atoms with E-state index in [-0.39, 0.29) is 29.7 Å². The second-order valence-electron chi connectivity index (χ2n) is 9.09. The Labute approximate surface area is 192 Å². The molecule has 3 heterocycles. The number of amides is 1. The Morgan fingerprint density at radius 1 is 0.970 bits per heavy atom. The smallest absolute Gasteiger partial charge is 0.252 e. The lowest BCUT2D eigenvalue weighted by Gasteiger charge is -2.27. The van der Waals surface area contributed by atoms with Crippen molar-refractivity contribution in [2.24, 2.45) is 0 Å². The lowest BCUT2D eigenvalue weighted by atomic mass is 9.84. The van der Waals surface area contributed by atoms with Gasteiger partial charge in [-0.2, -0.15) is 0 Å². The maximum Gasteiger partial charge on any atom is 0.252 e. The fourth-order valence-corrected chi connectivity index (χ4v) is 5.42. The number of phenolic OH excluding ortho intramolecular Hbond substituents is 1. The van der Waals surface area contributed by atoms with Gasteiger partial charge in [0.2, 0.25) is 0 Å². The van der Waals surface area contributed by atoms with Crippen LogP contribution in [0.3, 0.4) is 0 Å². The average molecular weight is 439 g/mol. The zero-order chi connectivity index (χ0) is 22.5. The van der Waals surface area contributed by atoms with Crippen LogP contribution >= 0.6 is 0 Å². The fraction of sp³-hybridized carbons (Fsp3) is 0.222. The largest absolute Gasteiger partial charge is 0.508 e. The number of aromatic nitrogens is 1. The van der Waals surface area contributed by atoms with Gasteiger partial charge in [-0.25, -0.2) is 0 Å². The van der Waals surface area contributed by atoms with Crippen molar-refractivity contribution >= 4 is 22.5 Å². The minimum atomic E-state index is -0.193. The first-order valence-electron chi connectivity index (χ1n) is 11.3. The third-order valence-electron chi connectivity index (χ3n) is 6.87. The number of H-pyrrole nitrogens is 1. The number of phenols is 1. The SMILES string of the molecule is Cc1cc2cc(CNCC3Nc4ccccc4C3C3NC(=O)c4ccc(O)cc43)ccc2[nH]1. The Kier molecular flexibility index (Phi) is 4.62. The summed E-state index contributed by atoms with van der Waals surface area (Å²) in [6, 6.07) is 21.8. The molecule has 6 rings (SSSR count). The van der Waals surface area contributed by atoms with Crippen molar-refractivity contribution in [3.63, 3.8) is 0 Å². The summed E-state index contributed by atoms with van der Waals surface area (Å²) in [4.78, 5) is 16.0. The second-order valence-corrected chi connectivity index (χ2v) is 9.09. The number of hydrogen-bond donors (Lipinski definition) is 5. The van der Waals surface area contributed by atoms with Gasteiger partial charge in [0.25, 0.3) is 5.91 Å². The number of aryl methyl sites for hydroxylation is 1. The first-order valence-corrected chi connectivity index (χ1v) is 11.3. The number of hydrogen-bond acceptors (Lipinski definition) is 4. The number of aromatic hydroxyl groups is 1. The highest BCUT2D eigenvalue weighted by atomic mass is 16.3. The molecule has 0 fully saturated rings. The van der Waals surface area contributed by atoms with Crippen molar-refractivity contribution in [2.45, 2.75) is 31.5 Å². The molecule has 2 aliphatic heterocycles. The molecule has 5 N–H and O–H groups in total. The molecule has 166 valence electrons. The zero-order valence-electron chi connectivity index (χ0n) is 18.4. The molecule has 0 spiro atoms. The van der Waals surface area contributed by atoms with Crippen molar-refractivity contribution in [2.75, 3.05) is 11.9 Å². The molecular weight excluding hydrogens is 412 g/mol. The minimum absolute atomic E-state index is 0.0514. The summed E-state index contributed by atoms with van der Waals surface area (Å²) in [6.07, 6.45) is 0. The van der Waals surface area contributed by atoms with E-state index in [1.807, 2.05) is 12.1 Å². The number of para-hydroxylation sites is 1. The summed E-state index contributed by atoms with van der Waals surface area (Å²) >= 11 is 0. The predicted octanol–water partition coefficient (Wildman–Crippen LogP) is 4.33. The second kappa shape index (κ2) is 7.67. The topological polar surface area (TPSA) is 89.2 Å². The Morgan fingerprint density at radius 3 is 2.76 bits per heavy atom. The number of fused-ring (bicyclic) bond motifs is 3. The van der Waals surface area contributed by atoms with Crippen LogP contribution in [0.2, 0.25) is 0 Å². The predicted molar refractivity (Wildman–Crippen MR) is 130 cm³/mol. The summed E-state index contributed by atoms with van der Waals surface area (Å²) < 4.78 is 0. The average Bonchev–Trinajstić information content (AvgIpc) is 3.45. The number of carbonyl (C=O) groups is 1. The molecule has 3 aromatic carbocycles. The fourth-order valence-electron chi connectivity index (χ4n) is 5.42. The number of carbonyl (C=O) groups excluding carboxylic acids is 1. The van der Waals surface area contributed by atoms with Gasteiger partial charge in [0.05, 0.1) is 6.04 Å². The molecule has 2 aliphatic rings. The van der Waals surface area contributed by atoms with Crippen LogP contribution in [0.15, 0.2) is 66.7 Å². The molecule has 0 bridgehead atoms. The Hall–Kier alpha value is -3.77. The van der Waals surface area contributed by atoms with Crippen molar-refractivity contribution in [3.05, 3.63) is 94.7 Å². The van der Waals surface area contributed by atoms with Crippen LogP contribution in [-0.4, -0.2) is 28.6 Å². The van der Waals surface area contributed by atoms with E-state index in [4.69, 9.17) is 0 Å². The van der Waals surface area contributed by atoms with Crippen molar-refractivity contribution in [3.8, 4) is 5.75 Å². The van der Waals surface area contributed by atoms with E-state index in [2.05, 4.69) is 64.3 Å². The molecular formula is C27H26N4O2. The molecule has 3 unspecified atom stereocenters. The van der Waals surface area contributed by atoms with E-state index in [0.717, 1.165) is 35.6 Å². The maximum atomic E-state index is 12.6. The molecule has 0 saturated carbocycles. The van der Waals surface area contributed by atoms with Gasteiger partial charge < -0.3 is 26.0 Å². The van der Waals surface area contributed by atoms with Gasteiger partial charge in [0.15, 0.2) is 0 Å². The molecule has 6 nitrogen and oxygen atoms in total. The quantitative estimate of drug-likeness (QED) is 0.321. The summed E-state index contributed by atoms with van der Waals surface area (Å²) in [7, 11) is 0. The standard InChI is InChI=1S/C27H26N4O2/c1-15-10-17-11-16(6-9-22(17)29-15)13-28-14-24-25(20-4-2-3-5-23(20)30-24)26-21-12-18(32)7-8-19(21)27(33)31-26/h2-12,24-26,28-30,32H,13-14H2,1H3,(H,31,33). The van der Waals surface area contributed by atoms with Crippen molar-refractivity contribution in [1.82, 2.24) is 15.6 Å². The van der Waals surface area contributed by atoms with E-state index in [9.17, 15) is 9.90 Å². The molecule has 0 aliphatic carbocycles. The van der Waals surface area contributed by atoms with E-state index in [1.54, 1.807) is 18.2 Å². The van der Waals surface area contributed by atoms with E-state index >= 15 is 0 Å². The van der Waals surface area contributed by atoms with Crippen LogP contribution in [0.5, 0.6) is 5.75 Å². The Morgan fingerprint density at radius 2 is 1.85 bits per heavy atom. The maximum absolute atomic E-state index is 12.6. The van der Waals surface area contributed by atoms with Gasteiger partial charge in [-0.15, -0.1) is 0 Å². The summed E-state index contributed by atoms with van der Waals surface area (Å²) in [5, 5.41) is 21.7. The molecule has 0 saturated heterocycles. The van der Waals surface area contributed by atoms with Gasteiger partial charge in [-0.1, -0.05) is 24.3 Å². The Bertz CT molecular complexity index is 1380. The molecule has 1 aromatic heterocycles. The monoisotopic (exact) mass is 438 g/mol. The number of benzene rings is 3.